The van der Waals surface area contributed by atoms with Gasteiger partial charge in [-0.2, -0.15) is 0 Å². The van der Waals surface area contributed by atoms with E-state index in [1.165, 1.54) is 51.4 Å². The van der Waals surface area contributed by atoms with E-state index in [0.717, 1.165) is 31.1 Å². The van der Waals surface area contributed by atoms with Gasteiger partial charge in [-0.15, -0.1) is 0 Å². The smallest absolute Gasteiger partial charge is 0.192 e. The summed E-state index contributed by atoms with van der Waals surface area (Å²) in [6.45, 7) is 38.0. The van der Waals surface area contributed by atoms with Gasteiger partial charge in [-0.25, -0.2) is 0 Å². The molecular formula is C39H76O3Si3. The van der Waals surface area contributed by atoms with Gasteiger partial charge in [-0.1, -0.05) is 71.8 Å². The highest BCUT2D eigenvalue weighted by Gasteiger charge is 2.45. The first kappa shape index (κ1) is 39.4. The summed E-state index contributed by atoms with van der Waals surface area (Å²) in [4.78, 5) is 0. The van der Waals surface area contributed by atoms with Gasteiger partial charge >= 0.3 is 0 Å². The molecule has 3 fully saturated rings. The molecule has 3 rings (SSSR count). The minimum absolute atomic E-state index is 0.0176. The number of rotatable bonds is 10. The molecule has 3 aliphatic carbocycles. The molecule has 5 atom stereocenters. The second-order valence-electron chi connectivity index (χ2n) is 20.5. The molecule has 3 saturated carbocycles. The zero-order chi connectivity index (χ0) is 34.3. The summed E-state index contributed by atoms with van der Waals surface area (Å²) in [6.07, 6.45) is 19.4. The molecule has 0 N–H and O–H groups in total. The van der Waals surface area contributed by atoms with Crippen LogP contribution < -0.4 is 0 Å². The predicted octanol–water partition coefficient (Wildman–Crippen LogP) is 12.8. The molecule has 262 valence electrons. The molecule has 0 aliphatic heterocycles. The molecular weight excluding hydrogens is 601 g/mol. The molecule has 0 amide bonds. The molecule has 3 nitrogen and oxygen atoms in total. The Morgan fingerprint density at radius 1 is 0.733 bits per heavy atom. The fraction of sp³-hybridized carbons (Fsp3) is 0.897. The fourth-order valence-corrected chi connectivity index (χ4v) is 12.4. The van der Waals surface area contributed by atoms with Gasteiger partial charge in [0.2, 0.25) is 0 Å². The van der Waals surface area contributed by atoms with Crippen LogP contribution in [-0.4, -0.2) is 42.8 Å². The van der Waals surface area contributed by atoms with Crippen LogP contribution in [0.2, 0.25) is 55.9 Å². The molecule has 45 heavy (non-hydrogen) atoms. The molecule has 1 unspecified atom stereocenters. The normalized spacial score (nSPS) is 30.4. The maximum absolute atomic E-state index is 7.06. The number of allylic oxidation sites excluding steroid dienone is 3. The van der Waals surface area contributed by atoms with Crippen molar-refractivity contribution >= 4 is 25.0 Å². The summed E-state index contributed by atoms with van der Waals surface area (Å²) in [5.41, 5.74) is 3.71. The van der Waals surface area contributed by atoms with E-state index in [0.29, 0.717) is 5.41 Å². The SMILES string of the molecule is CC(C)(CC[C@H]1CC[C@]2(C)C/C(=C/C=C3C[C@@H](O[Si](C)(C)C(C)(C)C)C[C@H](O[Si](C)(C)C(C)(C)C)C3)CCC2C1)O[Si](C)(C)C. The lowest BCUT2D eigenvalue weighted by molar-refractivity contribution is 0.0374. The standard InChI is InChI=1S/C39H76O3Si3/c1-36(2,3)44(13,14)40-34-26-32(27-35(28-34)41-45(15,16)37(4,5)6)18-17-31-19-20-33-25-30(22-24-39(33,9)29-31)21-23-38(7,8)42-43(10,11)12/h17-18,30,33-35H,19-29H2,1-16H3/b31-17+/t30-,33?,34+,35+,39+/m0/s1. The quantitative estimate of drug-likeness (QED) is 0.216. The Balaban J connectivity index is 1.69. The molecule has 6 heteroatoms. The van der Waals surface area contributed by atoms with Crippen LogP contribution in [0.25, 0.3) is 0 Å². The van der Waals surface area contributed by atoms with Crippen molar-refractivity contribution in [1.82, 2.24) is 0 Å². The first-order chi connectivity index (χ1) is 20.2. The van der Waals surface area contributed by atoms with Gasteiger partial charge in [0, 0.05) is 0 Å². The zero-order valence-corrected chi connectivity index (χ0v) is 36.0. The van der Waals surface area contributed by atoms with Crippen molar-refractivity contribution in [3.63, 3.8) is 0 Å². The molecule has 3 aliphatic rings. The lowest BCUT2D eigenvalue weighted by Crippen LogP contribution is -2.48. The topological polar surface area (TPSA) is 27.7 Å². The molecule has 0 aromatic carbocycles. The average molecular weight is 677 g/mol. The van der Waals surface area contributed by atoms with Crippen LogP contribution in [0.1, 0.15) is 133 Å². The van der Waals surface area contributed by atoms with E-state index >= 15 is 0 Å². The van der Waals surface area contributed by atoms with Crippen LogP contribution in [0.15, 0.2) is 23.3 Å². The molecule has 0 heterocycles. The molecule has 0 aromatic heterocycles. The number of fused-ring (bicyclic) bond motifs is 1. The number of hydrogen-bond donors (Lipinski definition) is 0. The lowest BCUT2D eigenvalue weighted by atomic mass is 9.57. The second kappa shape index (κ2) is 14.1. The summed E-state index contributed by atoms with van der Waals surface area (Å²) < 4.78 is 20.7. The summed E-state index contributed by atoms with van der Waals surface area (Å²) in [7, 11) is -5.23. The second-order valence-corrected chi connectivity index (χ2v) is 34.5. The van der Waals surface area contributed by atoms with Gasteiger partial charge in [0.1, 0.15) is 0 Å². The molecule has 0 saturated heterocycles. The molecule has 0 radical (unpaired) electrons. The average Bonchev–Trinajstić information content (AvgIpc) is 2.82. The van der Waals surface area contributed by atoms with Gasteiger partial charge in [0.25, 0.3) is 0 Å². The van der Waals surface area contributed by atoms with Crippen molar-refractivity contribution in [2.45, 2.75) is 207 Å². The monoisotopic (exact) mass is 677 g/mol. The van der Waals surface area contributed by atoms with Gasteiger partial charge in [0.05, 0.1) is 17.8 Å². The van der Waals surface area contributed by atoms with Gasteiger partial charge < -0.3 is 13.3 Å². The highest BCUT2D eigenvalue weighted by Crippen LogP contribution is 2.54. The largest absolute Gasteiger partial charge is 0.414 e. The minimum Gasteiger partial charge on any atom is -0.414 e. The third-order valence-corrected chi connectivity index (χ3v) is 22.7. The van der Waals surface area contributed by atoms with Crippen molar-refractivity contribution in [3.8, 4) is 0 Å². The molecule has 0 bridgehead atoms. The Bertz CT molecular complexity index is 1010. The Hall–Kier alpha value is 0.0106. The minimum atomic E-state index is -1.86. The first-order valence-corrected chi connectivity index (χ1v) is 27.9. The molecule has 0 aromatic rings. The Morgan fingerprint density at radius 2 is 1.24 bits per heavy atom. The number of hydrogen-bond acceptors (Lipinski definition) is 3. The Labute approximate surface area is 284 Å². The maximum Gasteiger partial charge on any atom is 0.192 e. The Kier molecular flexibility index (Phi) is 12.4. The van der Waals surface area contributed by atoms with E-state index in [2.05, 4.69) is 120 Å². The predicted molar refractivity (Wildman–Crippen MR) is 205 cm³/mol. The van der Waals surface area contributed by atoms with Crippen LogP contribution >= 0.6 is 0 Å². The van der Waals surface area contributed by atoms with Crippen LogP contribution in [-0.2, 0) is 13.3 Å². The third-order valence-electron chi connectivity index (χ3n) is 12.5. The van der Waals surface area contributed by atoms with Crippen molar-refractivity contribution in [3.05, 3.63) is 23.3 Å². The van der Waals surface area contributed by atoms with E-state index in [1.807, 2.05) is 0 Å². The van der Waals surface area contributed by atoms with E-state index in [-0.39, 0.29) is 27.9 Å². The lowest BCUT2D eigenvalue weighted by Gasteiger charge is -2.49. The van der Waals surface area contributed by atoms with Crippen molar-refractivity contribution < 1.29 is 13.3 Å². The summed E-state index contributed by atoms with van der Waals surface area (Å²) in [5.74, 6) is 1.75. The van der Waals surface area contributed by atoms with Crippen molar-refractivity contribution in [2.75, 3.05) is 0 Å². The maximum atomic E-state index is 7.06. The van der Waals surface area contributed by atoms with Gasteiger partial charge in [-0.3, -0.25) is 0 Å². The fourth-order valence-electron chi connectivity index (χ4n) is 7.91. The van der Waals surface area contributed by atoms with Crippen LogP contribution in [0, 0.1) is 17.3 Å². The third kappa shape index (κ3) is 11.3. The van der Waals surface area contributed by atoms with Crippen molar-refractivity contribution in [1.29, 1.82) is 0 Å². The molecule has 0 spiro atoms. The van der Waals surface area contributed by atoms with E-state index < -0.39 is 25.0 Å². The summed E-state index contributed by atoms with van der Waals surface area (Å²) >= 11 is 0. The first-order valence-electron chi connectivity index (χ1n) is 18.6. The Morgan fingerprint density at radius 3 is 1.73 bits per heavy atom. The van der Waals surface area contributed by atoms with E-state index in [4.69, 9.17) is 13.3 Å². The zero-order valence-electron chi connectivity index (χ0n) is 33.0. The highest BCUT2D eigenvalue weighted by molar-refractivity contribution is 6.74. The van der Waals surface area contributed by atoms with Crippen LogP contribution in [0.4, 0.5) is 0 Å². The highest BCUT2D eigenvalue weighted by atomic mass is 28.4. The van der Waals surface area contributed by atoms with Crippen LogP contribution in [0.3, 0.4) is 0 Å². The van der Waals surface area contributed by atoms with E-state index in [9.17, 15) is 0 Å². The summed E-state index contributed by atoms with van der Waals surface area (Å²) in [5, 5.41) is 0.439. The van der Waals surface area contributed by atoms with Gasteiger partial charge in [-0.05, 0) is 158 Å². The van der Waals surface area contributed by atoms with Crippen molar-refractivity contribution in [2.24, 2.45) is 17.3 Å². The van der Waals surface area contributed by atoms with E-state index in [1.54, 1.807) is 11.1 Å². The summed E-state index contributed by atoms with van der Waals surface area (Å²) in [6, 6.07) is 0. The van der Waals surface area contributed by atoms with Crippen LogP contribution in [0.5, 0.6) is 0 Å². The van der Waals surface area contributed by atoms with Gasteiger partial charge in [0.15, 0.2) is 25.0 Å².